The molecule has 0 bridgehead atoms. The zero-order valence-electron chi connectivity index (χ0n) is 12.6. The number of nitrogens with zero attached hydrogens (tertiary/aromatic N) is 1. The summed E-state index contributed by atoms with van der Waals surface area (Å²) in [5.74, 6) is 7.02. The van der Waals surface area contributed by atoms with E-state index in [-0.39, 0.29) is 11.6 Å². The quantitative estimate of drug-likeness (QED) is 0.580. The Hall–Kier alpha value is -1.17. The molecule has 0 spiro atoms. The van der Waals surface area contributed by atoms with E-state index in [9.17, 15) is 0 Å². The molecule has 5 N–H and O–H groups in total. The number of aryl methyl sites for hydroxylation is 1. The molecule has 5 nitrogen and oxygen atoms in total. The number of anilines is 1. The van der Waals surface area contributed by atoms with Crippen molar-refractivity contribution in [3.05, 3.63) is 23.4 Å². The summed E-state index contributed by atoms with van der Waals surface area (Å²) in [4.78, 5) is 4.21. The van der Waals surface area contributed by atoms with E-state index in [1.165, 1.54) is 6.42 Å². The molecule has 1 fully saturated rings. The molecule has 1 saturated carbocycles. The Labute approximate surface area is 121 Å². The number of hydrogen-bond donors (Lipinski definition) is 3. The van der Waals surface area contributed by atoms with Gasteiger partial charge in [-0.2, -0.15) is 0 Å². The number of ether oxygens (including phenoxy) is 1. The predicted octanol–water partition coefficient (Wildman–Crippen LogP) is 2.07. The first-order valence-electron chi connectivity index (χ1n) is 7.26. The van der Waals surface area contributed by atoms with Gasteiger partial charge < -0.3 is 10.5 Å². The van der Waals surface area contributed by atoms with Gasteiger partial charge in [-0.1, -0.05) is 19.8 Å². The van der Waals surface area contributed by atoms with E-state index in [1.54, 1.807) is 13.3 Å². The Bertz CT molecular complexity index is 445. The Kier molecular flexibility index (Phi) is 4.62. The minimum Gasteiger partial charge on any atom is -0.383 e. The van der Waals surface area contributed by atoms with Crippen LogP contribution in [0.3, 0.4) is 0 Å². The summed E-state index contributed by atoms with van der Waals surface area (Å²) in [7, 11) is 1.77. The lowest BCUT2D eigenvalue weighted by molar-refractivity contribution is -0.0806. The Morgan fingerprint density at radius 2 is 2.30 bits per heavy atom. The average Bonchev–Trinajstić information content (AvgIpc) is 2.43. The normalized spacial score (nSPS) is 28.3. The standard InChI is InChI=1S/C15H26N4O/c1-10-5-4-7-15(9-10,20-3)13(19-17)12-11(2)6-8-18-14(12)16/h6,8,10,13,19H,4-5,7,9,17H2,1-3H3,(H2,16,18). The van der Waals surface area contributed by atoms with Crippen molar-refractivity contribution in [3.63, 3.8) is 0 Å². The van der Waals surface area contributed by atoms with E-state index in [2.05, 4.69) is 17.3 Å². The van der Waals surface area contributed by atoms with E-state index in [4.69, 9.17) is 16.3 Å². The first-order valence-corrected chi connectivity index (χ1v) is 7.26. The van der Waals surface area contributed by atoms with Gasteiger partial charge in [0.1, 0.15) is 5.82 Å². The highest BCUT2D eigenvalue weighted by Crippen LogP contribution is 2.44. The molecule has 2 rings (SSSR count). The van der Waals surface area contributed by atoms with E-state index >= 15 is 0 Å². The van der Waals surface area contributed by atoms with Gasteiger partial charge in [0, 0.05) is 18.9 Å². The maximum Gasteiger partial charge on any atom is 0.128 e. The molecule has 1 aliphatic rings. The molecular formula is C15H26N4O. The summed E-state index contributed by atoms with van der Waals surface area (Å²) in [5.41, 5.74) is 10.8. The minimum absolute atomic E-state index is 0.135. The van der Waals surface area contributed by atoms with Crippen LogP contribution in [0.2, 0.25) is 0 Å². The van der Waals surface area contributed by atoms with Crippen LogP contribution in [0.15, 0.2) is 12.3 Å². The maximum absolute atomic E-state index is 6.09. The van der Waals surface area contributed by atoms with Crippen LogP contribution >= 0.6 is 0 Å². The summed E-state index contributed by atoms with van der Waals surface area (Å²) in [6.07, 6.45) is 6.07. The van der Waals surface area contributed by atoms with Gasteiger partial charge in [0.25, 0.3) is 0 Å². The van der Waals surface area contributed by atoms with Crippen LogP contribution < -0.4 is 17.0 Å². The second-order valence-corrected chi connectivity index (χ2v) is 6.00. The first-order chi connectivity index (χ1) is 9.54. The van der Waals surface area contributed by atoms with Crippen LogP contribution in [0.25, 0.3) is 0 Å². The molecule has 0 saturated heterocycles. The summed E-state index contributed by atoms with van der Waals surface area (Å²) in [5, 5.41) is 0. The molecule has 3 unspecified atom stereocenters. The van der Waals surface area contributed by atoms with Gasteiger partial charge in [-0.05, 0) is 37.3 Å². The Morgan fingerprint density at radius 3 is 2.85 bits per heavy atom. The van der Waals surface area contributed by atoms with Crippen molar-refractivity contribution in [2.45, 2.75) is 51.2 Å². The predicted molar refractivity (Wildman–Crippen MR) is 80.8 cm³/mol. The van der Waals surface area contributed by atoms with Crippen LogP contribution in [-0.2, 0) is 4.74 Å². The molecule has 0 aromatic carbocycles. The third-order valence-electron chi connectivity index (χ3n) is 4.62. The zero-order valence-corrected chi connectivity index (χ0v) is 12.6. The van der Waals surface area contributed by atoms with Crippen LogP contribution in [0.1, 0.15) is 49.8 Å². The number of hydrogen-bond acceptors (Lipinski definition) is 5. The monoisotopic (exact) mass is 278 g/mol. The van der Waals surface area contributed by atoms with Crippen molar-refractivity contribution in [1.82, 2.24) is 10.4 Å². The zero-order chi connectivity index (χ0) is 14.8. The van der Waals surface area contributed by atoms with E-state index < -0.39 is 0 Å². The lowest BCUT2D eigenvalue weighted by Crippen LogP contribution is -2.51. The lowest BCUT2D eigenvalue weighted by atomic mass is 9.72. The van der Waals surface area contributed by atoms with Crippen molar-refractivity contribution in [2.24, 2.45) is 11.8 Å². The van der Waals surface area contributed by atoms with Gasteiger partial charge >= 0.3 is 0 Å². The fourth-order valence-corrected chi connectivity index (χ4v) is 3.57. The highest BCUT2D eigenvalue weighted by molar-refractivity contribution is 5.47. The molecule has 0 aliphatic heterocycles. The first kappa shape index (κ1) is 15.2. The molecule has 1 aromatic rings. The number of rotatable bonds is 4. The van der Waals surface area contributed by atoms with Gasteiger partial charge in [-0.25, -0.2) is 10.4 Å². The van der Waals surface area contributed by atoms with E-state index in [1.807, 2.05) is 13.0 Å². The largest absolute Gasteiger partial charge is 0.383 e. The smallest absolute Gasteiger partial charge is 0.128 e. The highest BCUT2D eigenvalue weighted by atomic mass is 16.5. The van der Waals surface area contributed by atoms with Crippen LogP contribution in [0.4, 0.5) is 5.82 Å². The van der Waals surface area contributed by atoms with Crippen molar-refractivity contribution in [2.75, 3.05) is 12.8 Å². The Morgan fingerprint density at radius 1 is 1.55 bits per heavy atom. The highest BCUT2D eigenvalue weighted by Gasteiger charge is 2.43. The van der Waals surface area contributed by atoms with E-state index in [0.717, 1.165) is 30.4 Å². The molecule has 3 atom stereocenters. The van der Waals surface area contributed by atoms with Crippen molar-refractivity contribution in [3.8, 4) is 0 Å². The number of nitrogen functional groups attached to an aromatic ring is 1. The third kappa shape index (κ3) is 2.66. The van der Waals surface area contributed by atoms with Gasteiger partial charge in [0.15, 0.2) is 0 Å². The number of pyridine rings is 1. The minimum atomic E-state index is -0.311. The SMILES string of the molecule is COC1(C(NN)c2c(C)ccnc2N)CCCC(C)C1. The average molecular weight is 278 g/mol. The van der Waals surface area contributed by atoms with Crippen molar-refractivity contribution in [1.29, 1.82) is 0 Å². The molecule has 0 radical (unpaired) electrons. The molecule has 1 aliphatic carbocycles. The summed E-state index contributed by atoms with van der Waals surface area (Å²) in [6.45, 7) is 4.30. The number of methoxy groups -OCH3 is 1. The van der Waals surface area contributed by atoms with Gasteiger partial charge in [-0.15, -0.1) is 0 Å². The molecule has 112 valence electrons. The summed E-state index contributed by atoms with van der Waals surface area (Å²) in [6, 6.07) is 1.83. The second-order valence-electron chi connectivity index (χ2n) is 6.00. The third-order valence-corrected chi connectivity index (χ3v) is 4.62. The van der Waals surface area contributed by atoms with Gasteiger partial charge in [-0.3, -0.25) is 5.84 Å². The molecular weight excluding hydrogens is 252 g/mol. The van der Waals surface area contributed by atoms with Crippen LogP contribution in [-0.4, -0.2) is 17.7 Å². The molecule has 20 heavy (non-hydrogen) atoms. The van der Waals surface area contributed by atoms with Gasteiger partial charge in [0.05, 0.1) is 11.6 Å². The molecule has 1 aromatic heterocycles. The van der Waals surface area contributed by atoms with Crippen molar-refractivity contribution >= 4 is 5.82 Å². The molecule has 1 heterocycles. The number of aromatic nitrogens is 1. The number of hydrazine groups is 1. The Balaban J connectivity index is 2.44. The molecule has 0 amide bonds. The lowest BCUT2D eigenvalue weighted by Gasteiger charge is -2.44. The topological polar surface area (TPSA) is 86.2 Å². The summed E-state index contributed by atoms with van der Waals surface area (Å²) < 4.78 is 5.94. The van der Waals surface area contributed by atoms with Crippen LogP contribution in [0.5, 0.6) is 0 Å². The molecule has 5 heteroatoms. The van der Waals surface area contributed by atoms with Crippen molar-refractivity contribution < 1.29 is 4.74 Å². The van der Waals surface area contributed by atoms with E-state index in [0.29, 0.717) is 11.7 Å². The van der Waals surface area contributed by atoms with Gasteiger partial charge in [0.2, 0.25) is 0 Å². The summed E-state index contributed by atoms with van der Waals surface area (Å²) >= 11 is 0. The maximum atomic E-state index is 6.09. The second kappa shape index (κ2) is 6.08. The fraction of sp³-hybridized carbons (Fsp3) is 0.667. The number of nitrogens with one attached hydrogen (secondary N) is 1. The number of nitrogens with two attached hydrogens (primary N) is 2. The van der Waals surface area contributed by atoms with Crippen LogP contribution in [0, 0.1) is 12.8 Å². The fourth-order valence-electron chi connectivity index (χ4n) is 3.57.